The van der Waals surface area contributed by atoms with Gasteiger partial charge < -0.3 is 10.0 Å². The molecule has 2 fully saturated rings. The minimum absolute atomic E-state index is 0.110. The van der Waals surface area contributed by atoms with E-state index in [-0.39, 0.29) is 12.6 Å². The van der Waals surface area contributed by atoms with E-state index in [2.05, 4.69) is 23.6 Å². The number of likely N-dealkylation sites (tertiary alicyclic amines) is 1. The number of rotatable bonds is 5. The summed E-state index contributed by atoms with van der Waals surface area (Å²) in [4.78, 5) is 14.7. The first kappa shape index (κ1) is 23.8. The second-order valence-electron chi connectivity index (χ2n) is 9.77. The van der Waals surface area contributed by atoms with Crippen molar-refractivity contribution in [2.75, 3.05) is 31.1 Å². The zero-order valence-corrected chi connectivity index (χ0v) is 21.5. The van der Waals surface area contributed by atoms with Gasteiger partial charge >= 0.3 is 0 Å². The van der Waals surface area contributed by atoms with E-state index in [0.29, 0.717) is 28.0 Å². The van der Waals surface area contributed by atoms with E-state index < -0.39 is 0 Å². The van der Waals surface area contributed by atoms with Crippen LogP contribution in [0, 0.1) is 12.8 Å². The van der Waals surface area contributed by atoms with E-state index in [1.165, 1.54) is 6.42 Å². The molecule has 1 aromatic carbocycles. The maximum Gasteiger partial charge on any atom is 0.179 e. The number of aliphatic hydroxyl groups is 1. The Bertz CT molecular complexity index is 1180. The fraction of sp³-hybridized carbons (Fsp3) is 0.560. The second kappa shape index (κ2) is 9.61. The van der Waals surface area contributed by atoms with Gasteiger partial charge in [-0.25, -0.2) is 14.6 Å². The number of piperidine rings is 1. The lowest BCUT2D eigenvalue weighted by molar-refractivity contribution is 0.0800. The summed E-state index contributed by atoms with van der Waals surface area (Å²) < 4.78 is 1.92. The number of aromatic nitrogens is 4. The summed E-state index contributed by atoms with van der Waals surface area (Å²) in [6.45, 7) is 9.54. The summed E-state index contributed by atoms with van der Waals surface area (Å²) in [7, 11) is 0. The molecule has 0 radical (unpaired) electrons. The number of hydrogen-bond donors (Lipinski definition) is 1. The fourth-order valence-electron chi connectivity index (χ4n) is 5.76. The molecule has 34 heavy (non-hydrogen) atoms. The van der Waals surface area contributed by atoms with Crippen molar-refractivity contribution < 1.29 is 5.11 Å². The SMILES string of the molecule is Cc1nn(C(C)c2ccc(Cl)cc2Cl)c2nc(N3CCC(N4CCCC4CO)C(C)C3)cnc12. The smallest absolute Gasteiger partial charge is 0.179 e. The highest BCUT2D eigenvalue weighted by molar-refractivity contribution is 6.35. The number of fused-ring (bicyclic) bond motifs is 1. The van der Waals surface area contributed by atoms with E-state index in [1.807, 2.05) is 29.9 Å². The molecule has 5 rings (SSSR count). The van der Waals surface area contributed by atoms with Crippen molar-refractivity contribution in [2.45, 2.75) is 58.2 Å². The fourth-order valence-corrected chi connectivity index (χ4v) is 6.33. The van der Waals surface area contributed by atoms with Crippen molar-refractivity contribution in [3.05, 3.63) is 45.7 Å². The third-order valence-electron chi connectivity index (χ3n) is 7.58. The summed E-state index contributed by atoms with van der Waals surface area (Å²) in [6.07, 6.45) is 5.22. The first-order valence-corrected chi connectivity index (χ1v) is 12.9. The van der Waals surface area contributed by atoms with E-state index in [0.717, 1.165) is 60.7 Å². The van der Waals surface area contributed by atoms with Gasteiger partial charge in [-0.05, 0) is 63.3 Å². The Balaban J connectivity index is 1.41. The van der Waals surface area contributed by atoms with Crippen LogP contribution in [-0.4, -0.2) is 68.1 Å². The predicted molar refractivity (Wildman–Crippen MR) is 137 cm³/mol. The molecule has 182 valence electrons. The molecule has 0 amide bonds. The molecule has 4 atom stereocenters. The molecule has 9 heteroatoms. The molecule has 2 saturated heterocycles. The van der Waals surface area contributed by atoms with Crippen molar-refractivity contribution >= 4 is 40.2 Å². The molecule has 1 N–H and O–H groups in total. The van der Waals surface area contributed by atoms with Gasteiger partial charge in [-0.2, -0.15) is 5.10 Å². The first-order chi connectivity index (χ1) is 16.4. The number of anilines is 1. The van der Waals surface area contributed by atoms with Gasteiger partial charge in [-0.15, -0.1) is 0 Å². The van der Waals surface area contributed by atoms with Crippen LogP contribution in [0.2, 0.25) is 10.0 Å². The maximum absolute atomic E-state index is 9.78. The van der Waals surface area contributed by atoms with Crippen molar-refractivity contribution in [1.82, 2.24) is 24.6 Å². The van der Waals surface area contributed by atoms with Crippen LogP contribution in [0.5, 0.6) is 0 Å². The Kier molecular flexibility index (Phi) is 6.73. The highest BCUT2D eigenvalue weighted by atomic mass is 35.5. The number of nitrogens with zero attached hydrogens (tertiary/aromatic N) is 6. The average Bonchev–Trinajstić information content (AvgIpc) is 3.42. The van der Waals surface area contributed by atoms with Crippen LogP contribution in [-0.2, 0) is 0 Å². The summed E-state index contributed by atoms with van der Waals surface area (Å²) in [6, 6.07) is 6.27. The Morgan fingerprint density at radius 2 is 2.03 bits per heavy atom. The summed E-state index contributed by atoms with van der Waals surface area (Å²) in [5, 5.41) is 15.8. The number of hydrogen-bond acceptors (Lipinski definition) is 6. The van der Waals surface area contributed by atoms with E-state index in [9.17, 15) is 5.11 Å². The standard InChI is InChI=1S/C25H32Cl2N6O/c1-15-13-31(10-8-22(15)32-9-4-5-19(32)14-34)23-12-28-24-16(2)30-33(25(24)29-23)17(3)20-7-6-18(26)11-21(20)27/h6-7,11-12,15,17,19,22,34H,4-5,8-10,13-14H2,1-3H3. The lowest BCUT2D eigenvalue weighted by Gasteiger charge is -2.43. The molecule has 2 aliphatic heterocycles. The monoisotopic (exact) mass is 502 g/mol. The molecule has 2 aromatic heterocycles. The molecular formula is C25H32Cl2N6O. The molecular weight excluding hydrogens is 471 g/mol. The highest BCUT2D eigenvalue weighted by Crippen LogP contribution is 2.33. The van der Waals surface area contributed by atoms with Gasteiger partial charge in [0.25, 0.3) is 0 Å². The van der Waals surface area contributed by atoms with Gasteiger partial charge in [0, 0.05) is 35.2 Å². The van der Waals surface area contributed by atoms with Crippen LogP contribution in [0.15, 0.2) is 24.4 Å². The van der Waals surface area contributed by atoms with Crippen molar-refractivity contribution in [3.63, 3.8) is 0 Å². The number of aryl methyl sites for hydroxylation is 1. The van der Waals surface area contributed by atoms with Crippen LogP contribution in [0.3, 0.4) is 0 Å². The Hall–Kier alpha value is -1.93. The van der Waals surface area contributed by atoms with Crippen molar-refractivity contribution in [3.8, 4) is 0 Å². The quantitative estimate of drug-likeness (QED) is 0.544. The van der Waals surface area contributed by atoms with Crippen molar-refractivity contribution in [2.24, 2.45) is 5.92 Å². The Morgan fingerprint density at radius 3 is 2.76 bits per heavy atom. The zero-order chi connectivity index (χ0) is 24.0. The minimum atomic E-state index is -0.110. The molecule has 0 spiro atoms. The molecule has 0 bridgehead atoms. The van der Waals surface area contributed by atoms with Crippen molar-refractivity contribution in [1.29, 1.82) is 0 Å². The van der Waals surface area contributed by atoms with Crippen LogP contribution in [0.1, 0.15) is 50.4 Å². The van der Waals surface area contributed by atoms with Gasteiger partial charge in [-0.1, -0.05) is 36.2 Å². The first-order valence-electron chi connectivity index (χ1n) is 12.2. The third kappa shape index (κ3) is 4.28. The lowest BCUT2D eigenvalue weighted by Crippen LogP contribution is -2.52. The van der Waals surface area contributed by atoms with Crippen LogP contribution >= 0.6 is 23.2 Å². The molecule has 3 aromatic rings. The molecule has 0 saturated carbocycles. The van der Waals surface area contributed by atoms with Gasteiger partial charge in [-0.3, -0.25) is 4.90 Å². The van der Waals surface area contributed by atoms with E-state index in [1.54, 1.807) is 6.07 Å². The van der Waals surface area contributed by atoms with Crippen LogP contribution < -0.4 is 4.90 Å². The number of halogens is 2. The molecule has 4 heterocycles. The Labute approximate surface area is 210 Å². The largest absolute Gasteiger partial charge is 0.395 e. The van der Waals surface area contributed by atoms with Gasteiger partial charge in [0.2, 0.25) is 0 Å². The number of benzene rings is 1. The lowest BCUT2D eigenvalue weighted by atomic mass is 9.92. The maximum atomic E-state index is 9.78. The second-order valence-corrected chi connectivity index (χ2v) is 10.6. The summed E-state index contributed by atoms with van der Waals surface area (Å²) >= 11 is 12.6. The van der Waals surface area contributed by atoms with E-state index >= 15 is 0 Å². The van der Waals surface area contributed by atoms with E-state index in [4.69, 9.17) is 38.3 Å². The highest BCUT2D eigenvalue weighted by Gasteiger charge is 2.36. The average molecular weight is 503 g/mol. The molecule has 0 aliphatic carbocycles. The number of aliphatic hydroxyl groups excluding tert-OH is 1. The van der Waals surface area contributed by atoms with Gasteiger partial charge in [0.05, 0.1) is 24.5 Å². The van der Waals surface area contributed by atoms with Crippen LogP contribution in [0.4, 0.5) is 5.82 Å². The topological polar surface area (TPSA) is 70.3 Å². The normalized spacial score (nSPS) is 24.8. The Morgan fingerprint density at radius 1 is 1.21 bits per heavy atom. The van der Waals surface area contributed by atoms with Crippen LogP contribution in [0.25, 0.3) is 11.2 Å². The van der Waals surface area contributed by atoms with Gasteiger partial charge in [0.15, 0.2) is 5.65 Å². The molecule has 7 nitrogen and oxygen atoms in total. The third-order valence-corrected chi connectivity index (χ3v) is 8.14. The summed E-state index contributed by atoms with van der Waals surface area (Å²) in [5.74, 6) is 1.37. The van der Waals surface area contributed by atoms with Gasteiger partial charge in [0.1, 0.15) is 11.3 Å². The zero-order valence-electron chi connectivity index (χ0n) is 20.0. The predicted octanol–water partition coefficient (Wildman–Crippen LogP) is 4.72. The summed E-state index contributed by atoms with van der Waals surface area (Å²) in [5.41, 5.74) is 3.37. The minimum Gasteiger partial charge on any atom is -0.395 e. The molecule has 2 aliphatic rings. The molecule has 4 unspecified atom stereocenters.